The molecule has 0 radical (unpaired) electrons. The Morgan fingerprint density at radius 2 is 2.08 bits per heavy atom. The SMILES string of the molecule is Cc1nn(Cc2ccccc2)c2sc(C(=O)NCCCCN)cc12. The summed E-state index contributed by atoms with van der Waals surface area (Å²) in [6.07, 6.45) is 1.84. The predicted molar refractivity (Wildman–Crippen MR) is 98.5 cm³/mol. The number of nitrogens with one attached hydrogen (secondary N) is 1. The lowest BCUT2D eigenvalue weighted by Crippen LogP contribution is -2.24. The van der Waals surface area contributed by atoms with E-state index in [1.807, 2.05) is 35.9 Å². The fourth-order valence-electron chi connectivity index (χ4n) is 2.65. The van der Waals surface area contributed by atoms with Gasteiger partial charge in [0.1, 0.15) is 4.83 Å². The van der Waals surface area contributed by atoms with E-state index in [0.29, 0.717) is 19.6 Å². The molecule has 0 atom stereocenters. The van der Waals surface area contributed by atoms with E-state index >= 15 is 0 Å². The van der Waals surface area contributed by atoms with Crippen molar-refractivity contribution in [1.29, 1.82) is 0 Å². The van der Waals surface area contributed by atoms with E-state index in [0.717, 1.165) is 33.6 Å². The maximum Gasteiger partial charge on any atom is 0.261 e. The van der Waals surface area contributed by atoms with Gasteiger partial charge in [0.25, 0.3) is 5.91 Å². The first-order valence-corrected chi connectivity index (χ1v) is 9.00. The standard InChI is InChI=1S/C18H22N4OS/c1-13-15-11-16(17(23)20-10-6-5-9-19)24-18(15)22(21-13)12-14-7-3-2-4-8-14/h2-4,7-8,11H,5-6,9-10,12,19H2,1H3,(H,20,23). The summed E-state index contributed by atoms with van der Waals surface area (Å²) in [5.74, 6) is -0.0149. The normalized spacial score (nSPS) is 11.1. The van der Waals surface area contributed by atoms with E-state index in [4.69, 9.17) is 5.73 Å². The maximum atomic E-state index is 12.3. The largest absolute Gasteiger partial charge is 0.351 e. The zero-order valence-corrected chi connectivity index (χ0v) is 14.6. The first-order chi connectivity index (χ1) is 11.7. The number of unbranched alkanes of at least 4 members (excludes halogenated alkanes) is 1. The number of nitrogens with zero attached hydrogens (tertiary/aromatic N) is 2. The molecule has 1 amide bonds. The predicted octanol–water partition coefficient (Wildman–Crippen LogP) is 2.92. The molecular formula is C18H22N4OS. The summed E-state index contributed by atoms with van der Waals surface area (Å²) >= 11 is 1.50. The number of carbonyl (C=O) groups excluding carboxylic acids is 1. The molecule has 5 nitrogen and oxygen atoms in total. The molecule has 3 aromatic rings. The summed E-state index contributed by atoms with van der Waals surface area (Å²) < 4.78 is 1.98. The van der Waals surface area contributed by atoms with Gasteiger partial charge < -0.3 is 11.1 Å². The molecule has 2 aromatic heterocycles. The van der Waals surface area contributed by atoms with E-state index in [1.165, 1.54) is 16.9 Å². The molecule has 1 aromatic carbocycles. The summed E-state index contributed by atoms with van der Waals surface area (Å²) in [7, 11) is 0. The average molecular weight is 342 g/mol. The van der Waals surface area contributed by atoms with Crippen LogP contribution in [0.4, 0.5) is 0 Å². The van der Waals surface area contributed by atoms with Crippen LogP contribution in [-0.2, 0) is 6.54 Å². The molecule has 0 aliphatic rings. The van der Waals surface area contributed by atoms with Crippen molar-refractivity contribution in [2.75, 3.05) is 13.1 Å². The molecule has 6 heteroatoms. The summed E-state index contributed by atoms with van der Waals surface area (Å²) in [5, 5.41) is 8.63. The molecule has 0 unspecified atom stereocenters. The minimum Gasteiger partial charge on any atom is -0.351 e. The minimum atomic E-state index is -0.0149. The van der Waals surface area contributed by atoms with Crippen molar-refractivity contribution in [2.24, 2.45) is 5.73 Å². The Labute approximate surface area is 145 Å². The van der Waals surface area contributed by atoms with Crippen LogP contribution in [0.3, 0.4) is 0 Å². The Hall–Kier alpha value is -2.18. The maximum absolute atomic E-state index is 12.3. The van der Waals surface area contributed by atoms with Gasteiger partial charge in [-0.15, -0.1) is 11.3 Å². The van der Waals surface area contributed by atoms with E-state index in [1.54, 1.807) is 0 Å². The molecule has 126 valence electrons. The summed E-state index contributed by atoms with van der Waals surface area (Å²) in [4.78, 5) is 14.1. The first-order valence-electron chi connectivity index (χ1n) is 8.18. The number of aromatic nitrogens is 2. The van der Waals surface area contributed by atoms with Crippen molar-refractivity contribution in [3.63, 3.8) is 0 Å². The third-order valence-electron chi connectivity index (χ3n) is 3.92. The van der Waals surface area contributed by atoms with Crippen molar-refractivity contribution in [3.05, 3.63) is 52.5 Å². The fourth-order valence-corrected chi connectivity index (χ4v) is 3.72. The van der Waals surface area contributed by atoms with Crippen LogP contribution in [0.15, 0.2) is 36.4 Å². The van der Waals surface area contributed by atoms with Crippen LogP contribution in [0.1, 0.15) is 33.8 Å². The summed E-state index contributed by atoms with van der Waals surface area (Å²) in [6, 6.07) is 12.2. The summed E-state index contributed by atoms with van der Waals surface area (Å²) in [6.45, 7) is 4.02. The number of fused-ring (bicyclic) bond motifs is 1. The number of benzene rings is 1. The lowest BCUT2D eigenvalue weighted by molar-refractivity contribution is 0.0957. The molecule has 0 spiro atoms. The van der Waals surface area contributed by atoms with Crippen LogP contribution >= 0.6 is 11.3 Å². The smallest absolute Gasteiger partial charge is 0.261 e. The number of hydrogen-bond donors (Lipinski definition) is 2. The second kappa shape index (κ2) is 7.59. The van der Waals surface area contributed by atoms with E-state index in [9.17, 15) is 4.79 Å². The monoisotopic (exact) mass is 342 g/mol. The van der Waals surface area contributed by atoms with Gasteiger partial charge in [-0.25, -0.2) is 0 Å². The highest BCUT2D eigenvalue weighted by Gasteiger charge is 2.16. The molecule has 0 aliphatic carbocycles. The molecular weight excluding hydrogens is 320 g/mol. The van der Waals surface area contributed by atoms with Gasteiger partial charge in [0.15, 0.2) is 0 Å². The van der Waals surface area contributed by atoms with Gasteiger partial charge in [-0.3, -0.25) is 9.48 Å². The van der Waals surface area contributed by atoms with E-state index in [2.05, 4.69) is 22.5 Å². The Kier molecular flexibility index (Phi) is 5.27. The third-order valence-corrected chi connectivity index (χ3v) is 5.07. The van der Waals surface area contributed by atoms with Crippen LogP contribution in [0.25, 0.3) is 10.2 Å². The molecule has 0 saturated heterocycles. The Morgan fingerprint density at radius 1 is 1.29 bits per heavy atom. The molecule has 3 rings (SSSR count). The average Bonchev–Trinajstić information content (AvgIpc) is 3.14. The Bertz CT molecular complexity index is 822. The van der Waals surface area contributed by atoms with Crippen LogP contribution < -0.4 is 11.1 Å². The van der Waals surface area contributed by atoms with Crippen LogP contribution in [0.5, 0.6) is 0 Å². The number of rotatable bonds is 7. The van der Waals surface area contributed by atoms with Gasteiger partial charge in [-0.05, 0) is 37.9 Å². The third kappa shape index (κ3) is 3.66. The molecule has 24 heavy (non-hydrogen) atoms. The number of carbonyl (C=O) groups is 1. The van der Waals surface area contributed by atoms with Crippen molar-refractivity contribution in [1.82, 2.24) is 15.1 Å². The number of aryl methyl sites for hydroxylation is 1. The van der Waals surface area contributed by atoms with Crippen molar-refractivity contribution in [3.8, 4) is 0 Å². The van der Waals surface area contributed by atoms with Gasteiger partial charge in [-0.2, -0.15) is 5.10 Å². The molecule has 0 fully saturated rings. The van der Waals surface area contributed by atoms with Gasteiger partial charge in [-0.1, -0.05) is 30.3 Å². The van der Waals surface area contributed by atoms with E-state index < -0.39 is 0 Å². The highest BCUT2D eigenvalue weighted by atomic mass is 32.1. The number of nitrogens with two attached hydrogens (primary N) is 1. The van der Waals surface area contributed by atoms with Crippen molar-refractivity contribution < 1.29 is 4.79 Å². The quantitative estimate of drug-likeness (QED) is 0.649. The number of hydrogen-bond acceptors (Lipinski definition) is 4. The fraction of sp³-hybridized carbons (Fsp3) is 0.333. The highest BCUT2D eigenvalue weighted by molar-refractivity contribution is 7.20. The Balaban J connectivity index is 1.78. The lowest BCUT2D eigenvalue weighted by Gasteiger charge is -2.03. The lowest BCUT2D eigenvalue weighted by atomic mass is 10.2. The zero-order chi connectivity index (χ0) is 16.9. The molecule has 0 bridgehead atoms. The van der Waals surface area contributed by atoms with Gasteiger partial charge in [0.05, 0.1) is 17.1 Å². The van der Waals surface area contributed by atoms with Crippen LogP contribution in [-0.4, -0.2) is 28.8 Å². The number of amides is 1. The molecule has 0 aliphatic heterocycles. The van der Waals surface area contributed by atoms with Crippen LogP contribution in [0, 0.1) is 6.92 Å². The zero-order valence-electron chi connectivity index (χ0n) is 13.8. The van der Waals surface area contributed by atoms with E-state index in [-0.39, 0.29) is 5.91 Å². The van der Waals surface area contributed by atoms with Crippen molar-refractivity contribution >= 4 is 27.5 Å². The van der Waals surface area contributed by atoms with Gasteiger partial charge in [0, 0.05) is 11.9 Å². The summed E-state index contributed by atoms with van der Waals surface area (Å²) in [5.41, 5.74) is 7.62. The second-order valence-corrected chi connectivity index (χ2v) is 6.84. The topological polar surface area (TPSA) is 72.9 Å². The molecule has 0 saturated carbocycles. The Morgan fingerprint density at radius 3 is 2.83 bits per heavy atom. The van der Waals surface area contributed by atoms with Gasteiger partial charge >= 0.3 is 0 Å². The van der Waals surface area contributed by atoms with Gasteiger partial charge in [0.2, 0.25) is 0 Å². The highest BCUT2D eigenvalue weighted by Crippen LogP contribution is 2.28. The second-order valence-electron chi connectivity index (χ2n) is 5.81. The van der Waals surface area contributed by atoms with Crippen molar-refractivity contribution in [2.45, 2.75) is 26.3 Å². The first kappa shape index (κ1) is 16.7. The number of thiophene rings is 1. The molecule has 3 N–H and O–H groups in total. The van der Waals surface area contributed by atoms with Crippen LogP contribution in [0.2, 0.25) is 0 Å². The molecule has 2 heterocycles. The minimum absolute atomic E-state index is 0.0149.